The van der Waals surface area contributed by atoms with Crippen LogP contribution in [0.2, 0.25) is 0 Å². The summed E-state index contributed by atoms with van der Waals surface area (Å²) in [4.78, 5) is 27.8. The van der Waals surface area contributed by atoms with Gasteiger partial charge in [0.05, 0.1) is 6.04 Å². The molecule has 5 rings (SSSR count). The summed E-state index contributed by atoms with van der Waals surface area (Å²) in [5.41, 5.74) is 4.63. The number of amides is 2. The number of nitrogens with one attached hydrogen (secondary N) is 1. The van der Waals surface area contributed by atoms with Gasteiger partial charge >= 0.3 is 0 Å². The molecule has 4 aromatic rings. The van der Waals surface area contributed by atoms with Gasteiger partial charge in [-0.25, -0.2) is 0 Å². The summed E-state index contributed by atoms with van der Waals surface area (Å²) in [6, 6.07) is 34.4. The first-order chi connectivity index (χ1) is 17.2. The van der Waals surface area contributed by atoms with E-state index < -0.39 is 0 Å². The second-order valence-electron chi connectivity index (χ2n) is 8.49. The van der Waals surface area contributed by atoms with E-state index in [-0.39, 0.29) is 24.5 Å². The summed E-state index contributed by atoms with van der Waals surface area (Å²) < 4.78 is 5.86. The molecule has 1 aliphatic rings. The van der Waals surface area contributed by atoms with Crippen LogP contribution in [0.5, 0.6) is 5.75 Å². The molecule has 5 nitrogen and oxygen atoms in total. The first-order valence-electron chi connectivity index (χ1n) is 11.7. The van der Waals surface area contributed by atoms with Crippen molar-refractivity contribution in [1.82, 2.24) is 4.90 Å². The third kappa shape index (κ3) is 5.09. The second-order valence-corrected chi connectivity index (χ2v) is 8.49. The summed E-state index contributed by atoms with van der Waals surface area (Å²) in [7, 11) is 0. The molecule has 1 heterocycles. The first-order valence-corrected chi connectivity index (χ1v) is 11.7. The van der Waals surface area contributed by atoms with Crippen LogP contribution in [0.25, 0.3) is 0 Å². The Morgan fingerprint density at radius 3 is 2.20 bits per heavy atom. The maximum atomic E-state index is 13.5. The molecule has 0 fully saturated rings. The number of fused-ring (bicyclic) bond motifs is 1. The Bertz CT molecular complexity index is 1310. The molecule has 0 aromatic heterocycles. The van der Waals surface area contributed by atoms with Crippen LogP contribution in [0, 0.1) is 0 Å². The lowest BCUT2D eigenvalue weighted by molar-refractivity contribution is -0.118. The van der Waals surface area contributed by atoms with E-state index in [2.05, 4.69) is 5.32 Å². The van der Waals surface area contributed by atoms with E-state index in [1.807, 2.05) is 114 Å². The van der Waals surface area contributed by atoms with Crippen molar-refractivity contribution in [2.24, 2.45) is 0 Å². The van der Waals surface area contributed by atoms with Gasteiger partial charge in [0, 0.05) is 17.8 Å². The number of hydrogen-bond donors (Lipinski definition) is 1. The van der Waals surface area contributed by atoms with Crippen molar-refractivity contribution in [2.45, 2.75) is 12.5 Å². The Morgan fingerprint density at radius 1 is 0.829 bits per heavy atom. The monoisotopic (exact) mass is 462 g/mol. The van der Waals surface area contributed by atoms with Gasteiger partial charge in [0.15, 0.2) is 6.61 Å². The van der Waals surface area contributed by atoms with Gasteiger partial charge in [-0.1, -0.05) is 72.8 Å². The molecule has 35 heavy (non-hydrogen) atoms. The largest absolute Gasteiger partial charge is 0.484 e. The lowest BCUT2D eigenvalue weighted by Crippen LogP contribution is -2.40. The van der Waals surface area contributed by atoms with Crippen LogP contribution in [0.1, 0.15) is 33.1 Å². The molecule has 2 amide bonds. The zero-order chi connectivity index (χ0) is 24.0. The van der Waals surface area contributed by atoms with Crippen LogP contribution in [0.15, 0.2) is 109 Å². The fraction of sp³-hybridized carbons (Fsp3) is 0.133. The van der Waals surface area contributed by atoms with Crippen molar-refractivity contribution >= 4 is 17.5 Å². The minimum absolute atomic E-state index is 0.00124. The number of anilines is 1. The molecule has 0 radical (unpaired) electrons. The van der Waals surface area contributed by atoms with Crippen LogP contribution in [0.3, 0.4) is 0 Å². The van der Waals surface area contributed by atoms with Crippen LogP contribution in [-0.2, 0) is 11.2 Å². The highest BCUT2D eigenvalue weighted by atomic mass is 16.5. The Hall–Kier alpha value is -4.38. The topological polar surface area (TPSA) is 58.6 Å². The zero-order valence-electron chi connectivity index (χ0n) is 19.3. The lowest BCUT2D eigenvalue weighted by Gasteiger charge is -2.38. The number of ether oxygens (including phenoxy) is 1. The van der Waals surface area contributed by atoms with Gasteiger partial charge in [0.2, 0.25) is 0 Å². The minimum atomic E-state index is -0.241. The highest BCUT2D eigenvalue weighted by Crippen LogP contribution is 2.38. The highest BCUT2D eigenvalue weighted by Gasteiger charge is 2.32. The van der Waals surface area contributed by atoms with E-state index >= 15 is 0 Å². The molecular weight excluding hydrogens is 436 g/mol. The summed E-state index contributed by atoms with van der Waals surface area (Å²) >= 11 is 0. The molecule has 0 unspecified atom stereocenters. The molecule has 0 spiro atoms. The van der Waals surface area contributed by atoms with Crippen LogP contribution < -0.4 is 10.1 Å². The Labute approximate surface area is 205 Å². The minimum Gasteiger partial charge on any atom is -0.484 e. The Kier molecular flexibility index (Phi) is 6.57. The average molecular weight is 463 g/mol. The number of para-hydroxylation sites is 1. The molecular formula is C30H26N2O3. The zero-order valence-corrected chi connectivity index (χ0v) is 19.3. The average Bonchev–Trinajstić information content (AvgIpc) is 2.92. The normalized spacial score (nSPS) is 14.6. The van der Waals surface area contributed by atoms with E-state index in [0.29, 0.717) is 17.9 Å². The smallest absolute Gasteiger partial charge is 0.262 e. The van der Waals surface area contributed by atoms with Gasteiger partial charge in [-0.3, -0.25) is 9.59 Å². The molecule has 0 saturated carbocycles. The van der Waals surface area contributed by atoms with E-state index in [4.69, 9.17) is 4.74 Å². The van der Waals surface area contributed by atoms with Crippen LogP contribution in [0.4, 0.5) is 5.69 Å². The van der Waals surface area contributed by atoms with E-state index in [1.54, 1.807) is 0 Å². The van der Waals surface area contributed by atoms with E-state index in [0.717, 1.165) is 23.2 Å². The standard InChI is InChI=1S/C30H26N2O3/c33-28(31-25-14-8-3-9-15-25)21-35-26-17-16-22-18-19-32(30(34)24-12-6-2-7-13-24)29(27(22)20-26)23-10-4-1-5-11-23/h1-17,20,29H,18-19,21H2,(H,31,33)/t29-/m1/s1. The molecule has 4 aromatic carbocycles. The molecule has 5 heteroatoms. The quantitative estimate of drug-likeness (QED) is 0.412. The SMILES string of the molecule is O=C(COc1ccc2c(c1)[C@@H](c1ccccc1)N(C(=O)c1ccccc1)CC2)Nc1ccccc1. The molecule has 1 atom stereocenters. The molecule has 1 N–H and O–H groups in total. The Balaban J connectivity index is 1.41. The number of rotatable bonds is 6. The van der Waals surface area contributed by atoms with E-state index in [9.17, 15) is 9.59 Å². The Morgan fingerprint density at radius 2 is 1.49 bits per heavy atom. The van der Waals surface area contributed by atoms with Crippen molar-refractivity contribution in [3.8, 4) is 5.75 Å². The van der Waals surface area contributed by atoms with Gasteiger partial charge < -0.3 is 15.0 Å². The van der Waals surface area contributed by atoms with Crippen molar-refractivity contribution in [3.63, 3.8) is 0 Å². The fourth-order valence-corrected chi connectivity index (χ4v) is 4.51. The van der Waals surface area contributed by atoms with Crippen LogP contribution in [-0.4, -0.2) is 29.9 Å². The summed E-state index contributed by atoms with van der Waals surface area (Å²) in [5.74, 6) is 0.370. The number of hydrogen-bond acceptors (Lipinski definition) is 3. The number of benzene rings is 4. The van der Waals surface area contributed by atoms with Crippen molar-refractivity contribution in [1.29, 1.82) is 0 Å². The number of carbonyl (C=O) groups excluding carboxylic acids is 2. The van der Waals surface area contributed by atoms with Gasteiger partial charge in [0.1, 0.15) is 5.75 Å². The van der Waals surface area contributed by atoms with Gasteiger partial charge in [-0.15, -0.1) is 0 Å². The first kappa shape index (κ1) is 22.4. The predicted octanol–water partition coefficient (Wildman–Crippen LogP) is 5.49. The van der Waals surface area contributed by atoms with Gasteiger partial charge in [-0.2, -0.15) is 0 Å². The lowest BCUT2D eigenvalue weighted by atomic mass is 9.87. The fourth-order valence-electron chi connectivity index (χ4n) is 4.51. The molecule has 0 aliphatic carbocycles. The number of nitrogens with zero attached hydrogens (tertiary/aromatic N) is 1. The summed E-state index contributed by atoms with van der Waals surface area (Å²) in [6.45, 7) is 0.524. The van der Waals surface area contributed by atoms with Crippen molar-refractivity contribution in [2.75, 3.05) is 18.5 Å². The molecule has 0 bridgehead atoms. The number of carbonyl (C=O) groups is 2. The maximum Gasteiger partial charge on any atom is 0.262 e. The second kappa shape index (κ2) is 10.3. The molecule has 0 saturated heterocycles. The third-order valence-corrected chi connectivity index (χ3v) is 6.17. The predicted molar refractivity (Wildman–Crippen MR) is 136 cm³/mol. The summed E-state index contributed by atoms with van der Waals surface area (Å²) in [6.07, 6.45) is 0.756. The van der Waals surface area contributed by atoms with Crippen molar-refractivity contribution in [3.05, 3.63) is 131 Å². The molecule has 1 aliphatic heterocycles. The van der Waals surface area contributed by atoms with Gasteiger partial charge in [0.25, 0.3) is 11.8 Å². The highest BCUT2D eigenvalue weighted by molar-refractivity contribution is 5.95. The molecule has 174 valence electrons. The van der Waals surface area contributed by atoms with Gasteiger partial charge in [-0.05, 0) is 59.5 Å². The summed E-state index contributed by atoms with van der Waals surface area (Å²) in [5, 5.41) is 2.83. The van der Waals surface area contributed by atoms with Crippen molar-refractivity contribution < 1.29 is 14.3 Å². The van der Waals surface area contributed by atoms with E-state index in [1.165, 1.54) is 5.56 Å². The van der Waals surface area contributed by atoms with Crippen LogP contribution >= 0.6 is 0 Å². The maximum absolute atomic E-state index is 13.5. The third-order valence-electron chi connectivity index (χ3n) is 6.17.